The van der Waals surface area contributed by atoms with Gasteiger partial charge in [-0.15, -0.1) is 11.8 Å². The summed E-state index contributed by atoms with van der Waals surface area (Å²) in [5.41, 5.74) is 4.92. The van der Waals surface area contributed by atoms with Crippen LogP contribution in [0.3, 0.4) is 0 Å². The predicted molar refractivity (Wildman–Crippen MR) is 113 cm³/mol. The summed E-state index contributed by atoms with van der Waals surface area (Å²) < 4.78 is 0. The van der Waals surface area contributed by atoms with Crippen molar-refractivity contribution >= 4 is 29.2 Å². The van der Waals surface area contributed by atoms with Crippen LogP contribution in [-0.4, -0.2) is 39.7 Å². The van der Waals surface area contributed by atoms with E-state index in [2.05, 4.69) is 13.8 Å². The molecule has 29 heavy (non-hydrogen) atoms. The first kappa shape index (κ1) is 21.1. The summed E-state index contributed by atoms with van der Waals surface area (Å²) in [5.74, 6) is 1.33. The molecule has 3 fully saturated rings. The quantitative estimate of drug-likeness (QED) is 0.714. The molecule has 5 nitrogen and oxygen atoms in total. The molecule has 160 valence electrons. The molecule has 0 unspecified atom stereocenters. The van der Waals surface area contributed by atoms with Crippen LogP contribution in [0.5, 0.6) is 0 Å². The number of aliphatic hydroxyl groups is 1. The van der Waals surface area contributed by atoms with Gasteiger partial charge >= 0.3 is 0 Å². The number of rotatable bonds is 5. The van der Waals surface area contributed by atoms with Crippen molar-refractivity contribution in [1.29, 1.82) is 0 Å². The summed E-state index contributed by atoms with van der Waals surface area (Å²) in [7, 11) is 0. The van der Waals surface area contributed by atoms with Gasteiger partial charge in [0, 0.05) is 11.8 Å². The summed E-state index contributed by atoms with van der Waals surface area (Å²) in [6, 6.07) is 0. The molecular formula is C23H33NO4S. The van der Waals surface area contributed by atoms with E-state index in [0.29, 0.717) is 30.6 Å². The molecule has 0 aromatic rings. The molecule has 0 bridgehead atoms. The lowest BCUT2D eigenvalue weighted by Gasteiger charge is -2.58. The van der Waals surface area contributed by atoms with E-state index in [-0.39, 0.29) is 28.5 Å². The number of hydrogen-bond donors (Lipinski definition) is 2. The van der Waals surface area contributed by atoms with E-state index < -0.39 is 16.9 Å². The summed E-state index contributed by atoms with van der Waals surface area (Å²) in [6.07, 6.45) is 8.77. The number of amides is 1. The van der Waals surface area contributed by atoms with Crippen molar-refractivity contribution in [2.45, 2.75) is 70.8 Å². The van der Waals surface area contributed by atoms with Gasteiger partial charge in [0.05, 0.1) is 11.5 Å². The average Bonchev–Trinajstić information content (AvgIpc) is 2.94. The minimum atomic E-state index is -1.30. The zero-order valence-electron chi connectivity index (χ0n) is 17.5. The topological polar surface area (TPSA) is 97.5 Å². The van der Waals surface area contributed by atoms with Crippen molar-refractivity contribution in [3.63, 3.8) is 0 Å². The molecule has 0 spiro atoms. The van der Waals surface area contributed by atoms with Crippen LogP contribution in [0.25, 0.3) is 0 Å². The van der Waals surface area contributed by atoms with Crippen LogP contribution in [0.2, 0.25) is 0 Å². The second-order valence-electron chi connectivity index (χ2n) is 10.2. The normalized spacial score (nSPS) is 43.8. The van der Waals surface area contributed by atoms with Gasteiger partial charge in [-0.2, -0.15) is 0 Å². The minimum Gasteiger partial charge on any atom is -0.381 e. The molecule has 0 aromatic carbocycles. The molecular weight excluding hydrogens is 386 g/mol. The third kappa shape index (κ3) is 3.13. The molecule has 4 aliphatic rings. The lowest BCUT2D eigenvalue weighted by atomic mass is 9.46. The highest BCUT2D eigenvalue weighted by Gasteiger charge is 2.65. The highest BCUT2D eigenvalue weighted by atomic mass is 32.2. The molecule has 6 atom stereocenters. The van der Waals surface area contributed by atoms with Crippen molar-refractivity contribution in [3.05, 3.63) is 11.6 Å². The Labute approximate surface area is 177 Å². The minimum absolute atomic E-state index is 0.0974. The van der Waals surface area contributed by atoms with Crippen LogP contribution in [-0.2, 0) is 14.4 Å². The van der Waals surface area contributed by atoms with E-state index in [4.69, 9.17) is 5.73 Å². The Morgan fingerprint density at radius 3 is 2.55 bits per heavy atom. The number of ketones is 2. The fourth-order valence-electron chi connectivity index (χ4n) is 7.40. The Balaban J connectivity index is 1.56. The zero-order valence-corrected chi connectivity index (χ0v) is 18.4. The average molecular weight is 420 g/mol. The SMILES string of the molecule is C[C@]12CC[C@H]3[C@H](CCC4=CC(=O)CC[C@]43C)[C@H]1CC[C@@]2(O)C(=O)CSCC(N)=O. The van der Waals surface area contributed by atoms with Crippen LogP contribution in [0.1, 0.15) is 65.2 Å². The molecule has 3 saturated carbocycles. The van der Waals surface area contributed by atoms with E-state index in [1.165, 1.54) is 17.3 Å². The lowest BCUT2D eigenvalue weighted by molar-refractivity contribution is -0.159. The van der Waals surface area contributed by atoms with Gasteiger partial charge in [-0.25, -0.2) is 0 Å². The maximum atomic E-state index is 13.0. The molecule has 0 saturated heterocycles. The second-order valence-corrected chi connectivity index (χ2v) is 11.2. The molecule has 6 heteroatoms. The molecule has 4 aliphatic carbocycles. The van der Waals surface area contributed by atoms with E-state index in [0.717, 1.165) is 38.5 Å². The van der Waals surface area contributed by atoms with Gasteiger partial charge in [0.1, 0.15) is 5.60 Å². The third-order valence-corrected chi connectivity index (χ3v) is 10.0. The van der Waals surface area contributed by atoms with Gasteiger partial charge in [-0.3, -0.25) is 14.4 Å². The third-order valence-electron chi connectivity index (χ3n) is 9.05. The Morgan fingerprint density at radius 1 is 1.10 bits per heavy atom. The van der Waals surface area contributed by atoms with Gasteiger partial charge in [0.2, 0.25) is 5.91 Å². The molecule has 1 amide bonds. The predicted octanol–water partition coefficient (Wildman–Crippen LogP) is 3.04. The Kier molecular flexibility index (Phi) is 5.26. The standard InChI is InChI=1S/C23H33NO4S/c1-21-8-5-15(25)11-14(21)3-4-16-17(21)6-9-22(2)18(16)7-10-23(22,28)19(26)12-29-13-20(24)27/h11,16-18,28H,3-10,12-13H2,1-2H3,(H2,24,27)/t16-,17-,18+,21+,22-,23+/m0/s1. The molecule has 0 heterocycles. The molecule has 3 N–H and O–H groups in total. The first-order chi connectivity index (χ1) is 13.6. The zero-order chi connectivity index (χ0) is 21.0. The number of thioether (sulfide) groups is 1. The Morgan fingerprint density at radius 2 is 1.83 bits per heavy atom. The number of Topliss-reactive ketones (excluding diaryl/α,β-unsaturated/α-hetero) is 1. The largest absolute Gasteiger partial charge is 0.381 e. The number of nitrogens with two attached hydrogens (primary N) is 1. The number of allylic oxidation sites excluding steroid dienone is 1. The first-order valence-corrected chi connectivity index (χ1v) is 12.1. The molecule has 0 radical (unpaired) electrons. The molecule has 0 aliphatic heterocycles. The maximum Gasteiger partial charge on any atom is 0.227 e. The highest BCUT2D eigenvalue weighted by Crippen LogP contribution is 2.67. The van der Waals surface area contributed by atoms with Gasteiger partial charge in [0.25, 0.3) is 0 Å². The molecule has 4 rings (SSSR count). The van der Waals surface area contributed by atoms with Crippen molar-refractivity contribution in [2.24, 2.45) is 34.3 Å². The number of carbonyl (C=O) groups excluding carboxylic acids is 3. The first-order valence-electron chi connectivity index (χ1n) is 11.0. The summed E-state index contributed by atoms with van der Waals surface area (Å²) in [5, 5.41) is 11.6. The van der Waals surface area contributed by atoms with Crippen molar-refractivity contribution in [2.75, 3.05) is 11.5 Å². The fourth-order valence-corrected chi connectivity index (χ4v) is 8.12. The number of carbonyl (C=O) groups is 3. The fraction of sp³-hybridized carbons (Fsp3) is 0.783. The maximum absolute atomic E-state index is 13.0. The van der Waals surface area contributed by atoms with E-state index >= 15 is 0 Å². The Hall–Kier alpha value is -1.14. The van der Waals surface area contributed by atoms with E-state index in [1.54, 1.807) is 0 Å². The lowest BCUT2D eigenvalue weighted by Crippen LogP contribution is -2.58. The number of fused-ring (bicyclic) bond motifs is 5. The molecule has 0 aromatic heterocycles. The van der Waals surface area contributed by atoms with Crippen molar-refractivity contribution in [3.8, 4) is 0 Å². The smallest absolute Gasteiger partial charge is 0.227 e. The van der Waals surface area contributed by atoms with Crippen LogP contribution >= 0.6 is 11.8 Å². The van der Waals surface area contributed by atoms with Crippen LogP contribution in [0, 0.1) is 28.6 Å². The summed E-state index contributed by atoms with van der Waals surface area (Å²) in [4.78, 5) is 36.0. The second kappa shape index (κ2) is 7.23. The van der Waals surface area contributed by atoms with E-state index in [9.17, 15) is 19.5 Å². The van der Waals surface area contributed by atoms with Gasteiger partial charge in [-0.05, 0) is 74.2 Å². The summed E-state index contributed by atoms with van der Waals surface area (Å²) >= 11 is 1.21. The van der Waals surface area contributed by atoms with E-state index in [1.807, 2.05) is 6.08 Å². The van der Waals surface area contributed by atoms with Crippen molar-refractivity contribution < 1.29 is 19.5 Å². The monoisotopic (exact) mass is 419 g/mol. The summed E-state index contributed by atoms with van der Waals surface area (Å²) in [6.45, 7) is 4.47. The number of hydrogen-bond acceptors (Lipinski definition) is 5. The Bertz CT molecular complexity index is 779. The van der Waals surface area contributed by atoms with Crippen LogP contribution in [0.15, 0.2) is 11.6 Å². The van der Waals surface area contributed by atoms with Gasteiger partial charge < -0.3 is 10.8 Å². The van der Waals surface area contributed by atoms with Crippen molar-refractivity contribution in [1.82, 2.24) is 0 Å². The number of primary amides is 1. The van der Waals surface area contributed by atoms with Crippen LogP contribution < -0.4 is 5.73 Å². The van der Waals surface area contributed by atoms with Gasteiger partial charge in [-0.1, -0.05) is 19.4 Å². The van der Waals surface area contributed by atoms with Gasteiger partial charge in [0.15, 0.2) is 11.6 Å². The highest BCUT2D eigenvalue weighted by molar-refractivity contribution is 8.00. The van der Waals surface area contributed by atoms with Crippen LogP contribution in [0.4, 0.5) is 0 Å².